The molecule has 3 rings (SSSR count). The van der Waals surface area contributed by atoms with Crippen molar-refractivity contribution in [3.05, 3.63) is 24.4 Å². The van der Waals surface area contributed by atoms with Crippen molar-refractivity contribution in [3.8, 4) is 0 Å². The molecule has 33 heavy (non-hydrogen) atoms. The molecular weight excluding hydrogens is 450 g/mol. The smallest absolute Gasteiger partial charge is 0.261 e. The maximum atomic E-state index is 13.0. The van der Waals surface area contributed by atoms with Crippen LogP contribution in [0.15, 0.2) is 23.7 Å². The van der Waals surface area contributed by atoms with Crippen molar-refractivity contribution in [1.29, 1.82) is 0 Å². The van der Waals surface area contributed by atoms with Gasteiger partial charge >= 0.3 is 0 Å². The first-order valence-corrected chi connectivity index (χ1v) is 12.4. The average Bonchev–Trinajstić information content (AvgIpc) is 3.42. The maximum absolute atomic E-state index is 13.0. The molecule has 0 aromatic carbocycles. The van der Waals surface area contributed by atoms with E-state index in [0.717, 1.165) is 0 Å². The standard InChI is InChI=1S/C20H33N7O5S/c1-15-8-27(16(2)12-28)20(29)6-5-7-26-9-17(22-23-26)13-32-18(15)10-25(4)33(30,31)19-11-24(3)14-21-19/h9,11,14-16,18,28H,5-8,10,12-13H2,1-4H3/t15-,16-,18+/m1/s1. The largest absolute Gasteiger partial charge is 0.394 e. The van der Waals surface area contributed by atoms with Crippen LogP contribution >= 0.6 is 0 Å². The Labute approximate surface area is 194 Å². The summed E-state index contributed by atoms with van der Waals surface area (Å²) >= 11 is 0. The van der Waals surface area contributed by atoms with Gasteiger partial charge in [-0.15, -0.1) is 5.10 Å². The second-order valence-electron chi connectivity index (χ2n) is 8.64. The SMILES string of the molecule is C[C@@H]1CN([C@H](C)CO)C(=O)CCCn2cc(nn2)CO[C@H]1CN(C)S(=O)(=O)c1cn(C)cn1. The number of hydrogen-bond acceptors (Lipinski definition) is 8. The summed E-state index contributed by atoms with van der Waals surface area (Å²) in [6.07, 6.45) is 5.02. The molecule has 0 fully saturated rings. The molecule has 0 saturated carbocycles. The zero-order chi connectivity index (χ0) is 24.2. The summed E-state index contributed by atoms with van der Waals surface area (Å²) in [7, 11) is -0.632. The number of likely N-dealkylation sites (N-methyl/N-ethyl adjacent to an activating group) is 1. The highest BCUT2D eigenvalue weighted by Crippen LogP contribution is 2.20. The van der Waals surface area contributed by atoms with E-state index in [2.05, 4.69) is 15.3 Å². The predicted octanol–water partition coefficient (Wildman–Crippen LogP) is -0.143. The van der Waals surface area contributed by atoms with Crippen molar-refractivity contribution >= 4 is 15.9 Å². The Morgan fingerprint density at radius 3 is 2.79 bits per heavy atom. The van der Waals surface area contributed by atoms with Gasteiger partial charge in [0.2, 0.25) is 5.91 Å². The van der Waals surface area contributed by atoms with Crippen LogP contribution in [0.4, 0.5) is 0 Å². The van der Waals surface area contributed by atoms with Crippen LogP contribution in [0, 0.1) is 5.92 Å². The van der Waals surface area contributed by atoms with Gasteiger partial charge < -0.3 is 19.3 Å². The van der Waals surface area contributed by atoms with Gasteiger partial charge in [-0.1, -0.05) is 12.1 Å². The summed E-state index contributed by atoms with van der Waals surface area (Å²) in [5.41, 5.74) is 0.633. The Morgan fingerprint density at radius 1 is 1.36 bits per heavy atom. The van der Waals surface area contributed by atoms with Gasteiger partial charge in [0, 0.05) is 52.3 Å². The number of aromatic nitrogens is 5. The molecule has 0 aliphatic carbocycles. The zero-order valence-electron chi connectivity index (χ0n) is 19.5. The fraction of sp³-hybridized carbons (Fsp3) is 0.700. The van der Waals surface area contributed by atoms with E-state index >= 15 is 0 Å². The summed E-state index contributed by atoms with van der Waals surface area (Å²) in [5.74, 6) is -0.295. The third-order valence-corrected chi connectivity index (χ3v) is 7.55. The topological polar surface area (TPSA) is 136 Å². The molecule has 2 aromatic rings. The lowest BCUT2D eigenvalue weighted by Crippen LogP contribution is -2.47. The predicted molar refractivity (Wildman–Crippen MR) is 118 cm³/mol. The van der Waals surface area contributed by atoms with Crippen molar-refractivity contribution in [1.82, 2.24) is 33.8 Å². The van der Waals surface area contributed by atoms with Crippen molar-refractivity contribution in [2.75, 3.05) is 26.7 Å². The highest BCUT2D eigenvalue weighted by atomic mass is 32.2. The van der Waals surface area contributed by atoms with Crippen LogP contribution in [0.25, 0.3) is 0 Å². The molecule has 1 amide bonds. The highest BCUT2D eigenvalue weighted by Gasteiger charge is 2.31. The first-order chi connectivity index (χ1) is 15.6. The lowest BCUT2D eigenvalue weighted by molar-refractivity contribution is -0.136. The number of sulfonamides is 1. The molecule has 0 spiro atoms. The summed E-state index contributed by atoms with van der Waals surface area (Å²) < 4.78 is 36.6. The van der Waals surface area contributed by atoms with Gasteiger partial charge in [0.15, 0.2) is 5.03 Å². The van der Waals surface area contributed by atoms with Crippen LogP contribution < -0.4 is 0 Å². The lowest BCUT2D eigenvalue weighted by atomic mass is 10.0. The Hall–Kier alpha value is -2.35. The molecule has 13 heteroatoms. The zero-order valence-corrected chi connectivity index (χ0v) is 20.3. The first-order valence-electron chi connectivity index (χ1n) is 11.0. The number of aryl methyl sites for hydroxylation is 2. The van der Waals surface area contributed by atoms with E-state index in [4.69, 9.17) is 4.74 Å². The molecule has 1 aliphatic heterocycles. The van der Waals surface area contributed by atoms with Gasteiger partial charge in [-0.3, -0.25) is 9.48 Å². The van der Waals surface area contributed by atoms with Gasteiger partial charge in [-0.25, -0.2) is 13.4 Å². The average molecular weight is 484 g/mol. The lowest BCUT2D eigenvalue weighted by Gasteiger charge is -2.34. The number of nitrogens with zero attached hydrogens (tertiary/aromatic N) is 7. The molecule has 2 bridgehead atoms. The van der Waals surface area contributed by atoms with Crippen LogP contribution in [0.3, 0.4) is 0 Å². The number of rotatable bonds is 6. The van der Waals surface area contributed by atoms with Crippen LogP contribution in [0.5, 0.6) is 0 Å². The Bertz CT molecular complexity index is 1040. The van der Waals surface area contributed by atoms with E-state index in [9.17, 15) is 18.3 Å². The normalized spacial score (nSPS) is 22.0. The Morgan fingerprint density at radius 2 is 2.12 bits per heavy atom. The van der Waals surface area contributed by atoms with E-state index < -0.39 is 16.1 Å². The van der Waals surface area contributed by atoms with E-state index in [-0.39, 0.29) is 42.7 Å². The van der Waals surface area contributed by atoms with Gasteiger partial charge in [0.25, 0.3) is 10.0 Å². The summed E-state index contributed by atoms with van der Waals surface area (Å²) in [5, 5.41) is 17.8. The monoisotopic (exact) mass is 483 g/mol. The molecule has 184 valence electrons. The number of ether oxygens (including phenoxy) is 1. The minimum absolute atomic E-state index is 0.0431. The van der Waals surface area contributed by atoms with E-state index in [1.807, 2.05) is 6.92 Å². The number of fused-ring (bicyclic) bond motifs is 2. The molecule has 1 aliphatic rings. The van der Waals surface area contributed by atoms with Gasteiger partial charge in [-0.2, -0.15) is 4.31 Å². The van der Waals surface area contributed by atoms with Crippen LogP contribution in [-0.2, 0) is 39.8 Å². The quantitative estimate of drug-likeness (QED) is 0.600. The molecule has 0 unspecified atom stereocenters. The van der Waals surface area contributed by atoms with Crippen LogP contribution in [0.2, 0.25) is 0 Å². The summed E-state index contributed by atoms with van der Waals surface area (Å²) in [4.78, 5) is 18.5. The number of amides is 1. The molecule has 1 N–H and O–H groups in total. The van der Waals surface area contributed by atoms with E-state index in [0.29, 0.717) is 31.6 Å². The van der Waals surface area contributed by atoms with Crippen LogP contribution in [-0.4, -0.2) is 92.1 Å². The minimum atomic E-state index is -3.82. The maximum Gasteiger partial charge on any atom is 0.261 e. The summed E-state index contributed by atoms with van der Waals surface area (Å²) in [6.45, 7) is 4.63. The second kappa shape index (κ2) is 10.7. The fourth-order valence-electron chi connectivity index (χ4n) is 3.73. The third-order valence-electron chi connectivity index (χ3n) is 5.84. The van der Waals surface area contributed by atoms with E-state index in [1.165, 1.54) is 23.9 Å². The van der Waals surface area contributed by atoms with Crippen molar-refractivity contribution in [3.63, 3.8) is 0 Å². The van der Waals surface area contributed by atoms with Crippen molar-refractivity contribution in [2.24, 2.45) is 13.0 Å². The minimum Gasteiger partial charge on any atom is -0.394 e. The fourth-order valence-corrected chi connectivity index (χ4v) is 4.87. The Kier molecular flexibility index (Phi) is 8.21. The van der Waals surface area contributed by atoms with Gasteiger partial charge in [-0.05, 0) is 13.3 Å². The summed E-state index contributed by atoms with van der Waals surface area (Å²) in [6, 6.07) is -0.363. The van der Waals surface area contributed by atoms with Crippen LogP contribution in [0.1, 0.15) is 32.4 Å². The second-order valence-corrected chi connectivity index (χ2v) is 10.6. The highest BCUT2D eigenvalue weighted by molar-refractivity contribution is 7.89. The molecular formula is C20H33N7O5S. The van der Waals surface area contributed by atoms with Gasteiger partial charge in [0.05, 0.1) is 37.9 Å². The molecule has 0 saturated heterocycles. The number of aliphatic hydroxyl groups is 1. The molecule has 12 nitrogen and oxygen atoms in total. The number of hydrogen-bond donors (Lipinski definition) is 1. The molecule has 3 atom stereocenters. The molecule has 3 heterocycles. The third kappa shape index (κ3) is 6.16. The number of carbonyl (C=O) groups is 1. The molecule has 2 aromatic heterocycles. The molecule has 0 radical (unpaired) electrons. The number of imidazole rings is 1. The van der Waals surface area contributed by atoms with Crippen molar-refractivity contribution < 1.29 is 23.1 Å². The number of aliphatic hydroxyl groups excluding tert-OH is 1. The van der Waals surface area contributed by atoms with Crippen molar-refractivity contribution in [2.45, 2.75) is 57.0 Å². The van der Waals surface area contributed by atoms with Gasteiger partial charge in [0.1, 0.15) is 5.69 Å². The number of carbonyl (C=O) groups excluding carboxylic acids is 1. The van der Waals surface area contributed by atoms with E-state index in [1.54, 1.807) is 34.3 Å². The first kappa shape index (κ1) is 25.3. The Balaban J connectivity index is 1.85.